The lowest BCUT2D eigenvalue weighted by atomic mass is 9.86. The second-order valence-electron chi connectivity index (χ2n) is 16.2. The fraction of sp³-hybridized carbons (Fsp3) is 0.810. The molecule has 3 heterocycles. The number of ketones is 1. The van der Waals surface area contributed by atoms with Gasteiger partial charge in [-0.05, 0) is 121 Å². The van der Waals surface area contributed by atoms with E-state index < -0.39 is 12.4 Å². The zero-order chi connectivity index (χ0) is 38.0. The minimum absolute atomic E-state index is 0.0356. The fourth-order valence-corrected chi connectivity index (χ4v) is 9.88. The van der Waals surface area contributed by atoms with E-state index >= 15 is 0 Å². The van der Waals surface area contributed by atoms with Crippen molar-refractivity contribution in [2.24, 2.45) is 5.92 Å². The number of likely N-dealkylation sites (N-methyl/N-ethyl adjacent to an activating group) is 1. The molecule has 0 spiro atoms. The van der Waals surface area contributed by atoms with E-state index in [1.807, 2.05) is 20.8 Å². The summed E-state index contributed by atoms with van der Waals surface area (Å²) in [4.78, 5) is 30.4. The number of Topliss-reactive ketones (excluding diaryl/α,β-unsaturated/α-hetero) is 1. The molecule has 6 aliphatic rings. The van der Waals surface area contributed by atoms with Crippen LogP contribution in [0, 0.1) is 5.92 Å². The number of carbonyl (C=O) groups excluding carboxylic acids is 2. The van der Waals surface area contributed by atoms with Crippen molar-refractivity contribution in [3.63, 3.8) is 0 Å². The molecule has 6 rings (SSSR count). The molecule has 0 radical (unpaired) electrons. The van der Waals surface area contributed by atoms with Crippen molar-refractivity contribution in [1.82, 2.24) is 4.90 Å². The lowest BCUT2D eigenvalue weighted by molar-refractivity contribution is -0.316. The van der Waals surface area contributed by atoms with Gasteiger partial charge in [0.15, 0.2) is 18.4 Å². The zero-order valence-electron chi connectivity index (χ0n) is 33.7. The molecule has 0 bridgehead atoms. The van der Waals surface area contributed by atoms with Crippen LogP contribution in [0.15, 0.2) is 33.4 Å². The van der Waals surface area contributed by atoms with Gasteiger partial charge in [-0.2, -0.15) is 0 Å². The largest absolute Gasteiger partial charge is 0.462 e. The third kappa shape index (κ3) is 8.73. The number of hydrogen-bond donors (Lipinski definition) is 0. The predicted molar refractivity (Wildman–Crippen MR) is 199 cm³/mol. The van der Waals surface area contributed by atoms with Crippen molar-refractivity contribution >= 4 is 11.8 Å². The molecule has 2 fully saturated rings. The van der Waals surface area contributed by atoms with Gasteiger partial charge >= 0.3 is 5.97 Å². The summed E-state index contributed by atoms with van der Waals surface area (Å²) in [7, 11) is 7.51. The van der Waals surface area contributed by atoms with Crippen LogP contribution in [0.1, 0.15) is 112 Å². The van der Waals surface area contributed by atoms with E-state index in [1.54, 1.807) is 14.2 Å². The number of cyclic esters (lactones) is 1. The van der Waals surface area contributed by atoms with Gasteiger partial charge < -0.3 is 42.8 Å². The van der Waals surface area contributed by atoms with Gasteiger partial charge in [-0.15, -0.1) is 0 Å². The second-order valence-corrected chi connectivity index (χ2v) is 16.2. The molecular formula is C42H65NO10. The van der Waals surface area contributed by atoms with Crippen LogP contribution in [0.2, 0.25) is 0 Å². The lowest BCUT2D eigenvalue weighted by Gasteiger charge is -2.44. The first-order chi connectivity index (χ1) is 25.5. The molecule has 0 unspecified atom stereocenters. The van der Waals surface area contributed by atoms with Crippen molar-refractivity contribution in [3.05, 3.63) is 33.4 Å². The second kappa shape index (κ2) is 17.9. The predicted octanol–water partition coefficient (Wildman–Crippen LogP) is 6.37. The van der Waals surface area contributed by atoms with Crippen LogP contribution in [0.5, 0.6) is 0 Å². The summed E-state index contributed by atoms with van der Waals surface area (Å²) in [6.45, 7) is 10.7. The molecule has 0 saturated carbocycles. The summed E-state index contributed by atoms with van der Waals surface area (Å²) in [6.07, 6.45) is 5.87. The van der Waals surface area contributed by atoms with Crippen LogP contribution in [-0.2, 0) is 47.5 Å². The van der Waals surface area contributed by atoms with Gasteiger partial charge in [0.25, 0.3) is 0 Å². The minimum Gasteiger partial charge on any atom is -0.462 e. The van der Waals surface area contributed by atoms with E-state index in [0.29, 0.717) is 25.5 Å². The normalized spacial score (nSPS) is 38.8. The van der Waals surface area contributed by atoms with Gasteiger partial charge in [-0.25, -0.2) is 0 Å². The molecule has 298 valence electrons. The minimum atomic E-state index is -0.606. The van der Waals surface area contributed by atoms with Crippen molar-refractivity contribution < 1.29 is 47.5 Å². The maximum atomic E-state index is 14.7. The highest BCUT2D eigenvalue weighted by molar-refractivity contribution is 6.01. The van der Waals surface area contributed by atoms with E-state index in [0.717, 1.165) is 74.5 Å². The Labute approximate surface area is 317 Å². The van der Waals surface area contributed by atoms with E-state index in [-0.39, 0.29) is 73.1 Å². The summed E-state index contributed by atoms with van der Waals surface area (Å²) in [5.41, 5.74) is 6.61. The number of allylic oxidation sites excluding steroid dienone is 3. The van der Waals surface area contributed by atoms with E-state index in [4.69, 9.17) is 37.9 Å². The Hall–Kier alpha value is -1.96. The SMILES string of the molecule is CCO[C@@H]1[C@@H](OC)[C@H](C)O[C@@H](O[C@@H]2CC3=C(C2)C2=C(CC3)C3=C(C2)C(=O)[C@H](C)[C@@H](O[C@H]2CC[C@H](N(C)C)[C@@H](C)O2)CCC[C@H](CC)OC(=O)C3)[C@@H]1OC. The standard InChI is InChI=1S/C42H65NO10/c1-10-27-13-12-14-35(53-37-18-17-34(43(6)7)24(4)49-37)23(3)38(45)33-21-31-29(32(33)22-36(44)51-27)16-15-26-19-28(20-30(26)31)52-42-41(47-9)40(48-11-2)39(46-8)25(5)50-42/h23-25,27-28,34-35,37,39-42H,10-22H2,1-9H3/t23-,24-,25+,27+,28-,34+,35+,37+,39+,40-,41-,42+/m1/s1. The van der Waals surface area contributed by atoms with E-state index in [2.05, 4.69) is 32.8 Å². The summed E-state index contributed by atoms with van der Waals surface area (Å²) in [5, 5.41) is 0. The van der Waals surface area contributed by atoms with Gasteiger partial charge in [-0.3, -0.25) is 9.59 Å². The smallest absolute Gasteiger partial charge is 0.310 e. The highest BCUT2D eigenvalue weighted by Crippen LogP contribution is 2.51. The quantitative estimate of drug-likeness (QED) is 0.233. The van der Waals surface area contributed by atoms with Crippen molar-refractivity contribution in [1.29, 1.82) is 0 Å². The average molecular weight is 744 g/mol. The monoisotopic (exact) mass is 743 g/mol. The molecule has 11 heteroatoms. The van der Waals surface area contributed by atoms with Crippen LogP contribution in [0.3, 0.4) is 0 Å². The van der Waals surface area contributed by atoms with Crippen LogP contribution in [0.4, 0.5) is 0 Å². The first-order valence-electron chi connectivity index (χ1n) is 20.3. The summed E-state index contributed by atoms with van der Waals surface area (Å²) in [6, 6.07) is 0.337. The maximum absolute atomic E-state index is 14.7. The molecule has 53 heavy (non-hydrogen) atoms. The number of esters is 1. The first-order valence-corrected chi connectivity index (χ1v) is 20.3. The topological polar surface area (TPSA) is 111 Å². The molecule has 0 aromatic heterocycles. The first kappa shape index (κ1) is 40.7. The molecule has 2 saturated heterocycles. The molecular weight excluding hydrogens is 678 g/mol. The third-order valence-corrected chi connectivity index (χ3v) is 12.7. The summed E-state index contributed by atoms with van der Waals surface area (Å²) >= 11 is 0. The Balaban J connectivity index is 1.20. The Morgan fingerprint density at radius 1 is 0.755 bits per heavy atom. The molecule has 0 aromatic rings. The molecule has 11 nitrogen and oxygen atoms in total. The molecule has 3 aliphatic carbocycles. The fourth-order valence-electron chi connectivity index (χ4n) is 9.88. The molecule has 3 aliphatic heterocycles. The molecule has 0 amide bonds. The van der Waals surface area contributed by atoms with Crippen LogP contribution in [0.25, 0.3) is 0 Å². The summed E-state index contributed by atoms with van der Waals surface area (Å²) < 4.78 is 50.0. The van der Waals surface area contributed by atoms with Gasteiger partial charge in [0, 0.05) is 44.8 Å². The number of fused-ring (bicyclic) bond motifs is 2. The highest BCUT2D eigenvalue weighted by atomic mass is 16.7. The number of ether oxygens (including phenoxy) is 8. The van der Waals surface area contributed by atoms with Gasteiger partial charge in [0.2, 0.25) is 0 Å². The van der Waals surface area contributed by atoms with E-state index in [9.17, 15) is 9.59 Å². The molecule has 12 atom stereocenters. The highest BCUT2D eigenvalue weighted by Gasteiger charge is 2.48. The maximum Gasteiger partial charge on any atom is 0.310 e. The lowest BCUT2D eigenvalue weighted by Crippen LogP contribution is -2.60. The molecule has 0 aromatic carbocycles. The Morgan fingerprint density at radius 3 is 2.19 bits per heavy atom. The third-order valence-electron chi connectivity index (χ3n) is 12.7. The number of carbonyl (C=O) groups is 2. The van der Waals surface area contributed by atoms with Gasteiger partial charge in [0.05, 0.1) is 30.8 Å². The van der Waals surface area contributed by atoms with Crippen LogP contribution >= 0.6 is 0 Å². The zero-order valence-corrected chi connectivity index (χ0v) is 33.7. The Bertz CT molecular complexity index is 1420. The number of nitrogens with zero attached hydrogens (tertiary/aromatic N) is 1. The number of rotatable bonds is 10. The van der Waals surface area contributed by atoms with Gasteiger partial charge in [-0.1, -0.05) is 19.4 Å². The van der Waals surface area contributed by atoms with Crippen molar-refractivity contribution in [2.45, 2.75) is 179 Å². The number of methoxy groups -OCH3 is 2. The Morgan fingerprint density at radius 2 is 1.51 bits per heavy atom. The average Bonchev–Trinajstić information content (AvgIpc) is 3.70. The van der Waals surface area contributed by atoms with Crippen molar-refractivity contribution in [2.75, 3.05) is 34.9 Å². The van der Waals surface area contributed by atoms with Gasteiger partial charge in [0.1, 0.15) is 24.4 Å². The van der Waals surface area contributed by atoms with E-state index in [1.165, 1.54) is 16.7 Å². The van der Waals surface area contributed by atoms with Crippen LogP contribution < -0.4 is 0 Å². The summed E-state index contributed by atoms with van der Waals surface area (Å²) in [5.74, 6) is -0.544. The van der Waals surface area contributed by atoms with Crippen molar-refractivity contribution in [3.8, 4) is 0 Å². The molecule has 0 N–H and O–H groups in total. The van der Waals surface area contributed by atoms with Crippen LogP contribution in [-0.4, -0.2) is 119 Å². The number of hydrogen-bond acceptors (Lipinski definition) is 11. The Kier molecular flexibility index (Phi) is 13.7.